The van der Waals surface area contributed by atoms with Gasteiger partial charge in [-0.15, -0.1) is 0 Å². The predicted octanol–water partition coefficient (Wildman–Crippen LogP) is 13.5. The molecule has 1 heterocycles. The zero-order valence-corrected chi connectivity index (χ0v) is 36.5. The van der Waals surface area contributed by atoms with Crippen LogP contribution in [0.4, 0.5) is 0 Å². The molecule has 3 rings (SSSR count). The summed E-state index contributed by atoms with van der Waals surface area (Å²) in [4.78, 5) is 0. The van der Waals surface area contributed by atoms with E-state index in [2.05, 4.69) is 134 Å². The van der Waals surface area contributed by atoms with Gasteiger partial charge in [-0.3, -0.25) is 0 Å². The number of rotatable bonds is 14. The standard InChI is InChI=1S/C40H68O2P2Si2/c1-29-25-31(3)35(32(4)26-29)37-43(23-19-17-21-41-45(13,14)39(7,8)9)38(36-33(5)27-30(2)28-34(36)6)44(37)24-20-18-22-42-46(15,16)40(10,11)12/h25-28H,17-24H2,1-16H3. The number of hydrogen-bond acceptors (Lipinski definition) is 2. The number of hydrogen-bond donors (Lipinski definition) is 0. The van der Waals surface area contributed by atoms with E-state index in [-0.39, 0.29) is 25.9 Å². The van der Waals surface area contributed by atoms with E-state index in [0.29, 0.717) is 0 Å². The normalized spacial score (nSPS) is 18.7. The molecule has 258 valence electrons. The third-order valence-corrected chi connectivity index (χ3v) is 27.4. The first kappa shape index (κ1) is 40.1. The third-order valence-electron chi connectivity index (χ3n) is 10.9. The van der Waals surface area contributed by atoms with Gasteiger partial charge in [0, 0.05) is 13.2 Å². The van der Waals surface area contributed by atoms with E-state index in [9.17, 15) is 0 Å². The molecule has 46 heavy (non-hydrogen) atoms. The molecule has 0 N–H and O–H groups in total. The summed E-state index contributed by atoms with van der Waals surface area (Å²) in [5.74, 6) is 0. The van der Waals surface area contributed by atoms with Crippen molar-refractivity contribution < 1.29 is 8.85 Å². The van der Waals surface area contributed by atoms with Gasteiger partial charge in [0.2, 0.25) is 0 Å². The topological polar surface area (TPSA) is 18.5 Å². The van der Waals surface area contributed by atoms with Gasteiger partial charge in [0.05, 0.1) is 10.8 Å². The molecule has 1 aliphatic heterocycles. The third kappa shape index (κ3) is 9.45. The predicted molar refractivity (Wildman–Crippen MR) is 214 cm³/mol. The molecular weight excluding hydrogens is 631 g/mol. The summed E-state index contributed by atoms with van der Waals surface area (Å²) in [6.45, 7) is 39.4. The van der Waals surface area contributed by atoms with Crippen molar-refractivity contribution in [2.45, 2.75) is 145 Å². The summed E-state index contributed by atoms with van der Waals surface area (Å²) in [5, 5.41) is 4.20. The van der Waals surface area contributed by atoms with E-state index >= 15 is 0 Å². The van der Waals surface area contributed by atoms with Crippen LogP contribution >= 0.6 is 15.8 Å². The van der Waals surface area contributed by atoms with Gasteiger partial charge in [0.1, 0.15) is 0 Å². The molecule has 2 aromatic rings. The molecular formula is C40H68O2P2Si2. The molecule has 0 aromatic heterocycles. The van der Waals surface area contributed by atoms with Crippen molar-refractivity contribution in [3.05, 3.63) is 79.6 Å². The highest BCUT2D eigenvalue weighted by atomic mass is 31.2. The Balaban J connectivity index is 1.90. The quantitative estimate of drug-likeness (QED) is 0.111. The fourth-order valence-corrected chi connectivity index (χ4v) is 17.3. The highest BCUT2D eigenvalue weighted by molar-refractivity contribution is 8.01. The average Bonchev–Trinajstić information content (AvgIpc) is 2.88. The molecule has 0 unspecified atom stereocenters. The van der Waals surface area contributed by atoms with Crippen molar-refractivity contribution in [3.8, 4) is 0 Å². The molecule has 0 aliphatic carbocycles. The molecule has 2 nitrogen and oxygen atoms in total. The summed E-state index contributed by atoms with van der Waals surface area (Å²) in [5.41, 5.74) is 11.9. The van der Waals surface area contributed by atoms with E-state index in [1.165, 1.54) is 58.5 Å². The first-order valence-corrected chi connectivity index (χ1v) is 26.7. The van der Waals surface area contributed by atoms with Gasteiger partial charge in [0.25, 0.3) is 0 Å². The minimum Gasteiger partial charge on any atom is -0.417 e. The zero-order valence-electron chi connectivity index (χ0n) is 32.7. The Hall–Kier alpha value is -0.346. The summed E-state index contributed by atoms with van der Waals surface area (Å²) in [6.07, 6.45) is 7.37. The van der Waals surface area contributed by atoms with Crippen LogP contribution in [0.5, 0.6) is 0 Å². The maximum absolute atomic E-state index is 6.62. The van der Waals surface area contributed by atoms with Gasteiger partial charge in [-0.25, -0.2) is 0 Å². The Morgan fingerprint density at radius 2 is 0.783 bits per heavy atom. The van der Waals surface area contributed by atoms with Crippen LogP contribution in [0.3, 0.4) is 0 Å². The lowest BCUT2D eigenvalue weighted by molar-refractivity contribution is 0.281. The molecule has 1 saturated heterocycles. The van der Waals surface area contributed by atoms with Crippen LogP contribution in [-0.2, 0) is 8.85 Å². The van der Waals surface area contributed by atoms with Gasteiger partial charge >= 0.3 is 0 Å². The second-order valence-corrected chi connectivity index (χ2v) is 31.8. The fourth-order valence-electron chi connectivity index (χ4n) is 6.31. The van der Waals surface area contributed by atoms with E-state index in [1.807, 2.05) is 10.8 Å². The van der Waals surface area contributed by atoms with Gasteiger partial charge in [0.15, 0.2) is 16.6 Å². The van der Waals surface area contributed by atoms with Crippen molar-refractivity contribution in [2.24, 2.45) is 0 Å². The highest BCUT2D eigenvalue weighted by Gasteiger charge is 2.53. The van der Waals surface area contributed by atoms with E-state index < -0.39 is 16.6 Å². The summed E-state index contributed by atoms with van der Waals surface area (Å²) in [7, 11) is -4.09. The van der Waals surface area contributed by atoms with Crippen LogP contribution < -0.4 is 0 Å². The Kier molecular flexibility index (Phi) is 13.7. The summed E-state index contributed by atoms with van der Waals surface area (Å²) >= 11 is 0. The molecule has 6 heteroatoms. The number of benzene rings is 2. The SMILES string of the molecule is Cc1cc(C)c([C]2P(CCCCO[Si](C)(C)C(C)(C)C)[C](c3c(C)cc(C)cc3C)P2CCCCO[Si](C)(C)C(C)(C)C)c(C)c1. The lowest BCUT2D eigenvalue weighted by atomic mass is 10.0. The molecule has 0 spiro atoms. The van der Waals surface area contributed by atoms with Crippen molar-refractivity contribution in [1.29, 1.82) is 0 Å². The number of aryl methyl sites for hydroxylation is 6. The Morgan fingerprint density at radius 1 is 0.500 bits per heavy atom. The van der Waals surface area contributed by atoms with Crippen LogP contribution in [0.25, 0.3) is 0 Å². The van der Waals surface area contributed by atoms with E-state index in [4.69, 9.17) is 8.85 Å². The lowest BCUT2D eigenvalue weighted by Crippen LogP contribution is -2.41. The first-order chi connectivity index (χ1) is 21.1. The second kappa shape index (κ2) is 15.7. The van der Waals surface area contributed by atoms with Crippen molar-refractivity contribution >= 4 is 32.5 Å². The Labute approximate surface area is 290 Å². The molecule has 2 radical (unpaired) electrons. The Bertz CT molecular complexity index is 1170. The summed E-state index contributed by atoms with van der Waals surface area (Å²) in [6, 6.07) is 9.71. The van der Waals surface area contributed by atoms with E-state index in [1.54, 1.807) is 11.1 Å². The van der Waals surface area contributed by atoms with Gasteiger partial charge < -0.3 is 8.85 Å². The molecule has 1 fully saturated rings. The van der Waals surface area contributed by atoms with Crippen LogP contribution in [0.2, 0.25) is 36.3 Å². The molecule has 0 bridgehead atoms. The molecule has 0 atom stereocenters. The minimum absolute atomic E-state index is 0.263. The summed E-state index contributed by atoms with van der Waals surface area (Å²) < 4.78 is 13.2. The lowest BCUT2D eigenvalue weighted by Gasteiger charge is -2.54. The number of unbranched alkanes of at least 4 members (excludes halogenated alkanes) is 2. The molecule has 2 aromatic carbocycles. The smallest absolute Gasteiger partial charge is 0.191 e. The van der Waals surface area contributed by atoms with Crippen molar-refractivity contribution in [2.75, 3.05) is 25.5 Å². The maximum atomic E-state index is 6.62. The molecule has 1 aliphatic rings. The fraction of sp³-hybridized carbons (Fsp3) is 0.650. The molecule has 0 amide bonds. The van der Waals surface area contributed by atoms with Crippen LogP contribution in [0, 0.1) is 52.3 Å². The monoisotopic (exact) mass is 698 g/mol. The Morgan fingerprint density at radius 3 is 1.04 bits per heavy atom. The second-order valence-electron chi connectivity index (χ2n) is 17.1. The maximum Gasteiger partial charge on any atom is 0.191 e. The first-order valence-electron chi connectivity index (χ1n) is 17.8. The van der Waals surface area contributed by atoms with E-state index in [0.717, 1.165) is 26.1 Å². The minimum atomic E-state index is -1.71. The van der Waals surface area contributed by atoms with Crippen molar-refractivity contribution in [1.82, 2.24) is 0 Å². The largest absolute Gasteiger partial charge is 0.417 e. The average molecular weight is 699 g/mol. The van der Waals surface area contributed by atoms with Gasteiger partial charge in [-0.1, -0.05) is 92.8 Å². The van der Waals surface area contributed by atoms with Crippen LogP contribution in [0.15, 0.2) is 24.3 Å². The molecule has 0 saturated carbocycles. The highest BCUT2D eigenvalue weighted by Crippen LogP contribution is 2.93. The van der Waals surface area contributed by atoms with Gasteiger partial charge in [-0.05, 0) is 149 Å². The zero-order chi connectivity index (χ0) is 34.8. The van der Waals surface area contributed by atoms with Crippen molar-refractivity contribution in [3.63, 3.8) is 0 Å². The van der Waals surface area contributed by atoms with Crippen LogP contribution in [-0.4, -0.2) is 42.2 Å². The van der Waals surface area contributed by atoms with Crippen LogP contribution in [0.1, 0.15) is 112 Å². The van der Waals surface area contributed by atoms with Gasteiger partial charge in [-0.2, -0.15) is 0 Å².